The number of hydrogen-bond acceptors (Lipinski definition) is 4. The zero-order valence-corrected chi connectivity index (χ0v) is 11.8. The molecule has 5 nitrogen and oxygen atoms in total. The van der Waals surface area contributed by atoms with E-state index >= 15 is 0 Å². The first-order valence-corrected chi connectivity index (χ1v) is 6.67. The third kappa shape index (κ3) is 2.12. The number of methoxy groups -OCH3 is 1. The molecule has 0 spiro atoms. The third-order valence-corrected chi connectivity index (χ3v) is 3.76. The fourth-order valence-corrected chi connectivity index (χ4v) is 3.05. The lowest BCUT2D eigenvalue weighted by molar-refractivity contribution is 0.240. The van der Waals surface area contributed by atoms with Gasteiger partial charge in [-0.15, -0.1) is 0 Å². The molecule has 0 saturated carbocycles. The van der Waals surface area contributed by atoms with Crippen LogP contribution in [-0.2, 0) is 7.05 Å². The molecular formula is C13H24N4O. The summed E-state index contributed by atoms with van der Waals surface area (Å²) in [6, 6.07) is 0.418. The highest BCUT2D eigenvalue weighted by molar-refractivity contribution is 5.36. The molecule has 1 aromatic heterocycles. The molecule has 0 radical (unpaired) electrons. The Balaban J connectivity index is 2.39. The molecule has 5 heteroatoms. The van der Waals surface area contributed by atoms with E-state index in [1.54, 1.807) is 11.8 Å². The summed E-state index contributed by atoms with van der Waals surface area (Å²) in [5.74, 6) is 0.843. The maximum atomic E-state index is 6.30. The molecule has 0 aliphatic carbocycles. The zero-order chi connectivity index (χ0) is 13.3. The quantitative estimate of drug-likeness (QED) is 0.875. The molecule has 1 aromatic rings. The molecule has 2 atom stereocenters. The van der Waals surface area contributed by atoms with Crippen molar-refractivity contribution in [2.75, 3.05) is 20.2 Å². The van der Waals surface area contributed by atoms with Crippen molar-refractivity contribution >= 4 is 0 Å². The van der Waals surface area contributed by atoms with E-state index in [0.29, 0.717) is 0 Å². The Hall–Kier alpha value is -1.07. The van der Waals surface area contributed by atoms with E-state index in [-0.39, 0.29) is 12.1 Å². The van der Waals surface area contributed by atoms with Gasteiger partial charge in [0.05, 0.1) is 24.4 Å². The first kappa shape index (κ1) is 13.4. The normalized spacial score (nSPS) is 24.7. The fraction of sp³-hybridized carbons (Fsp3) is 0.769. The van der Waals surface area contributed by atoms with Gasteiger partial charge in [-0.05, 0) is 26.3 Å². The summed E-state index contributed by atoms with van der Waals surface area (Å²) in [5, 5.41) is 4.46. The predicted molar refractivity (Wildman–Crippen MR) is 71.7 cm³/mol. The Bertz CT molecular complexity index is 413. The lowest BCUT2D eigenvalue weighted by Crippen LogP contribution is -2.32. The summed E-state index contributed by atoms with van der Waals surface area (Å²) in [5.41, 5.74) is 8.49. The van der Waals surface area contributed by atoms with E-state index in [2.05, 4.69) is 16.9 Å². The third-order valence-electron chi connectivity index (χ3n) is 3.76. The van der Waals surface area contributed by atoms with E-state index in [1.165, 1.54) is 5.56 Å². The average molecular weight is 252 g/mol. The lowest BCUT2D eigenvalue weighted by Gasteiger charge is -2.26. The lowest BCUT2D eigenvalue weighted by atomic mass is 10.0. The number of nitrogens with two attached hydrogens (primary N) is 1. The Kier molecular flexibility index (Phi) is 3.92. The van der Waals surface area contributed by atoms with Crippen LogP contribution < -0.4 is 10.5 Å². The number of ether oxygens (including phenoxy) is 1. The van der Waals surface area contributed by atoms with Gasteiger partial charge in [-0.3, -0.25) is 4.90 Å². The Morgan fingerprint density at radius 3 is 2.83 bits per heavy atom. The topological polar surface area (TPSA) is 56.3 Å². The highest BCUT2D eigenvalue weighted by Crippen LogP contribution is 2.38. The van der Waals surface area contributed by atoms with Crippen molar-refractivity contribution in [1.29, 1.82) is 0 Å². The van der Waals surface area contributed by atoms with Gasteiger partial charge >= 0.3 is 0 Å². The van der Waals surface area contributed by atoms with E-state index in [1.807, 2.05) is 14.0 Å². The predicted octanol–water partition coefficient (Wildman–Crippen LogP) is 1.22. The van der Waals surface area contributed by atoms with Crippen molar-refractivity contribution in [2.24, 2.45) is 12.8 Å². The van der Waals surface area contributed by atoms with Crippen LogP contribution in [0.2, 0.25) is 0 Å². The SMILES string of the molecule is CCCN1CCC(N)C1c1c(C)nn(C)c1OC. The van der Waals surface area contributed by atoms with Crippen LogP contribution in [0.25, 0.3) is 0 Å². The first-order chi connectivity index (χ1) is 8.60. The molecule has 2 heterocycles. The molecule has 0 bridgehead atoms. The van der Waals surface area contributed by atoms with Gasteiger partial charge in [0.25, 0.3) is 0 Å². The summed E-state index contributed by atoms with van der Waals surface area (Å²) >= 11 is 0. The maximum absolute atomic E-state index is 6.30. The molecule has 2 rings (SSSR count). The van der Waals surface area contributed by atoms with Crippen LogP contribution >= 0.6 is 0 Å². The molecule has 1 saturated heterocycles. The number of rotatable bonds is 4. The monoisotopic (exact) mass is 252 g/mol. The minimum absolute atomic E-state index is 0.174. The Morgan fingerprint density at radius 2 is 2.22 bits per heavy atom. The van der Waals surface area contributed by atoms with Crippen LogP contribution in [0.4, 0.5) is 0 Å². The maximum Gasteiger partial charge on any atom is 0.216 e. The molecule has 0 amide bonds. The second kappa shape index (κ2) is 5.28. The standard InChI is InChI=1S/C13H24N4O/c1-5-7-17-8-6-10(14)12(17)11-9(2)15-16(3)13(11)18-4/h10,12H,5-8,14H2,1-4H3. The highest BCUT2D eigenvalue weighted by atomic mass is 16.5. The van der Waals surface area contributed by atoms with E-state index in [9.17, 15) is 0 Å². The summed E-state index contributed by atoms with van der Waals surface area (Å²) in [6.45, 7) is 6.38. The molecule has 2 N–H and O–H groups in total. The zero-order valence-electron chi connectivity index (χ0n) is 11.8. The van der Waals surface area contributed by atoms with Crippen LogP contribution in [0.5, 0.6) is 5.88 Å². The van der Waals surface area contributed by atoms with Crippen LogP contribution in [-0.4, -0.2) is 40.9 Å². The van der Waals surface area contributed by atoms with E-state index < -0.39 is 0 Å². The number of aryl methyl sites for hydroxylation is 2. The van der Waals surface area contributed by atoms with Gasteiger partial charge in [0.15, 0.2) is 0 Å². The molecule has 1 aliphatic rings. The molecule has 0 aromatic carbocycles. The molecule has 18 heavy (non-hydrogen) atoms. The van der Waals surface area contributed by atoms with Crippen molar-refractivity contribution in [3.8, 4) is 5.88 Å². The summed E-state index contributed by atoms with van der Waals surface area (Å²) in [4.78, 5) is 2.46. The van der Waals surface area contributed by atoms with Gasteiger partial charge in [0.2, 0.25) is 5.88 Å². The molecule has 102 valence electrons. The van der Waals surface area contributed by atoms with Crippen molar-refractivity contribution in [3.05, 3.63) is 11.3 Å². The second-order valence-electron chi connectivity index (χ2n) is 5.07. The fourth-order valence-electron chi connectivity index (χ4n) is 3.05. The molecule has 2 unspecified atom stereocenters. The van der Waals surface area contributed by atoms with Crippen LogP contribution in [0.1, 0.15) is 37.1 Å². The molecule has 1 aliphatic heterocycles. The Morgan fingerprint density at radius 1 is 1.50 bits per heavy atom. The van der Waals surface area contributed by atoms with Crippen LogP contribution in [0.3, 0.4) is 0 Å². The summed E-state index contributed by atoms with van der Waals surface area (Å²) in [6.07, 6.45) is 2.19. The smallest absolute Gasteiger partial charge is 0.216 e. The minimum atomic E-state index is 0.174. The average Bonchev–Trinajstić information content (AvgIpc) is 2.80. The van der Waals surface area contributed by atoms with Gasteiger partial charge in [0, 0.05) is 19.6 Å². The van der Waals surface area contributed by atoms with Crippen molar-refractivity contribution in [3.63, 3.8) is 0 Å². The molecule has 1 fully saturated rings. The van der Waals surface area contributed by atoms with Crippen LogP contribution in [0, 0.1) is 6.92 Å². The van der Waals surface area contributed by atoms with Crippen molar-refractivity contribution in [2.45, 2.75) is 38.8 Å². The minimum Gasteiger partial charge on any atom is -0.481 e. The summed E-state index contributed by atoms with van der Waals surface area (Å²) in [7, 11) is 3.62. The van der Waals surface area contributed by atoms with Gasteiger partial charge in [0.1, 0.15) is 0 Å². The number of nitrogens with zero attached hydrogens (tertiary/aromatic N) is 3. The van der Waals surface area contributed by atoms with Crippen molar-refractivity contribution in [1.82, 2.24) is 14.7 Å². The van der Waals surface area contributed by atoms with Gasteiger partial charge < -0.3 is 10.5 Å². The highest BCUT2D eigenvalue weighted by Gasteiger charge is 2.37. The van der Waals surface area contributed by atoms with Gasteiger partial charge in [-0.2, -0.15) is 5.10 Å². The molecular weight excluding hydrogens is 228 g/mol. The van der Waals surface area contributed by atoms with Crippen LogP contribution in [0.15, 0.2) is 0 Å². The number of aromatic nitrogens is 2. The Labute approximate surface area is 109 Å². The number of likely N-dealkylation sites (tertiary alicyclic amines) is 1. The second-order valence-corrected chi connectivity index (χ2v) is 5.07. The largest absolute Gasteiger partial charge is 0.481 e. The van der Waals surface area contributed by atoms with E-state index in [4.69, 9.17) is 10.5 Å². The van der Waals surface area contributed by atoms with E-state index in [0.717, 1.165) is 37.5 Å². The summed E-state index contributed by atoms with van der Waals surface area (Å²) < 4.78 is 7.31. The van der Waals surface area contributed by atoms with Gasteiger partial charge in [-0.25, -0.2) is 4.68 Å². The first-order valence-electron chi connectivity index (χ1n) is 6.67. The van der Waals surface area contributed by atoms with Crippen molar-refractivity contribution < 1.29 is 4.74 Å². The number of hydrogen-bond donors (Lipinski definition) is 1. The van der Waals surface area contributed by atoms with Gasteiger partial charge in [-0.1, -0.05) is 6.92 Å².